The van der Waals surface area contributed by atoms with Crippen LogP contribution >= 0.6 is 0 Å². The number of nitrogens with one attached hydrogen (secondary N) is 1. The first-order chi connectivity index (χ1) is 7.27. The van der Waals surface area contributed by atoms with Crippen LogP contribution < -0.4 is 0 Å². The standard InChI is InChI=1S/C14H15N/c1-4-7-13-11(5-2)12-9-6-8-10(3)14(12)15-13/h4-9,15H,2H2,1,3H3/b7-4-. The molecule has 1 N–H and O–H groups in total. The van der Waals surface area contributed by atoms with E-state index in [-0.39, 0.29) is 0 Å². The maximum atomic E-state index is 3.87. The van der Waals surface area contributed by atoms with Gasteiger partial charge in [-0.1, -0.05) is 36.9 Å². The highest BCUT2D eigenvalue weighted by molar-refractivity contribution is 5.94. The highest BCUT2D eigenvalue weighted by atomic mass is 14.7. The lowest BCUT2D eigenvalue weighted by Crippen LogP contribution is -1.74. The highest BCUT2D eigenvalue weighted by Crippen LogP contribution is 2.26. The molecular weight excluding hydrogens is 182 g/mol. The molecule has 0 bridgehead atoms. The first-order valence-corrected chi connectivity index (χ1v) is 5.14. The van der Waals surface area contributed by atoms with Crippen LogP contribution in [-0.2, 0) is 0 Å². The van der Waals surface area contributed by atoms with Gasteiger partial charge in [0.2, 0.25) is 0 Å². The van der Waals surface area contributed by atoms with Crippen molar-refractivity contribution in [2.45, 2.75) is 13.8 Å². The summed E-state index contributed by atoms with van der Waals surface area (Å²) in [5, 5.41) is 1.25. The molecule has 1 heterocycles. The van der Waals surface area contributed by atoms with Crippen LogP contribution in [0.1, 0.15) is 23.7 Å². The van der Waals surface area contributed by atoms with E-state index in [1.807, 2.05) is 19.1 Å². The predicted octanol–water partition coefficient (Wildman–Crippen LogP) is 4.15. The lowest BCUT2D eigenvalue weighted by Gasteiger charge is -1.94. The van der Waals surface area contributed by atoms with Gasteiger partial charge in [-0.05, 0) is 25.5 Å². The van der Waals surface area contributed by atoms with Gasteiger partial charge in [0, 0.05) is 22.2 Å². The normalized spacial score (nSPS) is 11.3. The molecule has 0 aliphatic rings. The van der Waals surface area contributed by atoms with Crippen molar-refractivity contribution in [2.75, 3.05) is 0 Å². The molecule has 0 atom stereocenters. The Labute approximate surface area is 90.1 Å². The van der Waals surface area contributed by atoms with Gasteiger partial charge in [-0.3, -0.25) is 0 Å². The quantitative estimate of drug-likeness (QED) is 0.744. The fourth-order valence-corrected chi connectivity index (χ4v) is 1.92. The van der Waals surface area contributed by atoms with Crippen molar-refractivity contribution in [3.8, 4) is 0 Å². The van der Waals surface area contributed by atoms with Crippen LogP contribution in [0, 0.1) is 6.92 Å². The lowest BCUT2D eigenvalue weighted by molar-refractivity contribution is 1.38. The van der Waals surface area contributed by atoms with Gasteiger partial charge in [0.1, 0.15) is 0 Å². The van der Waals surface area contributed by atoms with Gasteiger partial charge in [0.15, 0.2) is 0 Å². The largest absolute Gasteiger partial charge is 0.354 e. The Morgan fingerprint density at radius 2 is 2.13 bits per heavy atom. The van der Waals surface area contributed by atoms with Crippen molar-refractivity contribution in [1.82, 2.24) is 4.98 Å². The molecule has 1 heteroatoms. The number of aryl methyl sites for hydroxylation is 1. The molecule has 0 fully saturated rings. The summed E-state index contributed by atoms with van der Waals surface area (Å²) in [5.41, 5.74) is 4.80. The zero-order valence-electron chi connectivity index (χ0n) is 9.17. The number of para-hydroxylation sites is 1. The Balaban J connectivity index is 2.84. The third-order valence-electron chi connectivity index (χ3n) is 2.65. The summed E-state index contributed by atoms with van der Waals surface area (Å²) in [6.45, 7) is 8.01. The van der Waals surface area contributed by atoms with Crippen molar-refractivity contribution < 1.29 is 0 Å². The molecule has 0 saturated heterocycles. The number of allylic oxidation sites excluding steroid dienone is 1. The second-order valence-corrected chi connectivity index (χ2v) is 3.65. The zero-order valence-corrected chi connectivity index (χ0v) is 9.17. The van der Waals surface area contributed by atoms with Crippen LogP contribution in [0.15, 0.2) is 30.9 Å². The van der Waals surface area contributed by atoms with Gasteiger partial charge in [-0.15, -0.1) is 0 Å². The summed E-state index contributed by atoms with van der Waals surface area (Å²) in [7, 11) is 0. The van der Waals surface area contributed by atoms with Gasteiger partial charge in [0.05, 0.1) is 0 Å². The van der Waals surface area contributed by atoms with Gasteiger partial charge in [-0.25, -0.2) is 0 Å². The summed E-state index contributed by atoms with van der Waals surface area (Å²) in [6.07, 6.45) is 6.02. The smallest absolute Gasteiger partial charge is 0.0494 e. The molecular formula is C14H15N. The predicted molar refractivity (Wildman–Crippen MR) is 67.8 cm³/mol. The van der Waals surface area contributed by atoms with E-state index < -0.39 is 0 Å². The minimum atomic E-state index is 1.14. The molecule has 0 saturated carbocycles. The molecule has 0 aliphatic carbocycles. The fraction of sp³-hybridized carbons (Fsp3) is 0.143. The topological polar surface area (TPSA) is 15.8 Å². The Kier molecular flexibility index (Phi) is 2.46. The van der Waals surface area contributed by atoms with Crippen molar-refractivity contribution in [1.29, 1.82) is 0 Å². The lowest BCUT2D eigenvalue weighted by atomic mass is 10.1. The maximum absolute atomic E-state index is 3.87. The third kappa shape index (κ3) is 1.50. The van der Waals surface area contributed by atoms with Crippen LogP contribution in [0.2, 0.25) is 0 Å². The Morgan fingerprint density at radius 3 is 2.80 bits per heavy atom. The molecule has 76 valence electrons. The molecule has 0 aliphatic heterocycles. The molecule has 1 aromatic carbocycles. The Bertz CT molecular complexity index is 530. The minimum Gasteiger partial charge on any atom is -0.354 e. The monoisotopic (exact) mass is 197 g/mol. The molecule has 0 unspecified atom stereocenters. The van der Waals surface area contributed by atoms with Gasteiger partial charge >= 0.3 is 0 Å². The molecule has 0 amide bonds. The van der Waals surface area contributed by atoms with E-state index in [9.17, 15) is 0 Å². The highest BCUT2D eigenvalue weighted by Gasteiger charge is 2.07. The van der Waals surface area contributed by atoms with Crippen molar-refractivity contribution in [3.05, 3.63) is 47.7 Å². The van der Waals surface area contributed by atoms with E-state index in [1.165, 1.54) is 22.0 Å². The number of H-pyrrole nitrogens is 1. The number of aromatic amines is 1. The molecule has 0 spiro atoms. The zero-order chi connectivity index (χ0) is 10.8. The molecule has 1 nitrogen and oxygen atoms in total. The van der Waals surface area contributed by atoms with Crippen LogP contribution in [0.5, 0.6) is 0 Å². The van der Waals surface area contributed by atoms with Crippen molar-refractivity contribution in [2.24, 2.45) is 0 Å². The number of hydrogen-bond acceptors (Lipinski definition) is 0. The minimum absolute atomic E-state index is 1.14. The number of aromatic nitrogens is 1. The first-order valence-electron chi connectivity index (χ1n) is 5.14. The van der Waals surface area contributed by atoms with Gasteiger partial charge in [-0.2, -0.15) is 0 Å². The van der Waals surface area contributed by atoms with Crippen LogP contribution in [0.25, 0.3) is 23.1 Å². The second kappa shape index (κ2) is 3.77. The van der Waals surface area contributed by atoms with Crippen LogP contribution in [-0.4, -0.2) is 4.98 Å². The van der Waals surface area contributed by atoms with Crippen LogP contribution in [0.3, 0.4) is 0 Å². The average molecular weight is 197 g/mol. The Hall–Kier alpha value is -1.76. The fourth-order valence-electron chi connectivity index (χ4n) is 1.92. The maximum Gasteiger partial charge on any atom is 0.0494 e. The molecule has 1 aromatic heterocycles. The Morgan fingerprint density at radius 1 is 1.33 bits per heavy atom. The van der Waals surface area contributed by atoms with Crippen molar-refractivity contribution >= 4 is 23.1 Å². The second-order valence-electron chi connectivity index (χ2n) is 3.65. The SMILES string of the molecule is C=Cc1c(/C=C\C)[nH]c2c(C)cccc12. The van der Waals surface area contributed by atoms with E-state index in [4.69, 9.17) is 0 Å². The molecule has 0 radical (unpaired) electrons. The first kappa shape index (κ1) is 9.78. The average Bonchev–Trinajstić information content (AvgIpc) is 2.58. The van der Waals surface area contributed by atoms with E-state index in [2.05, 4.69) is 42.8 Å². The van der Waals surface area contributed by atoms with E-state index in [0.29, 0.717) is 0 Å². The molecule has 15 heavy (non-hydrogen) atoms. The molecule has 2 rings (SSSR count). The van der Waals surface area contributed by atoms with E-state index in [1.54, 1.807) is 0 Å². The van der Waals surface area contributed by atoms with Crippen molar-refractivity contribution in [3.63, 3.8) is 0 Å². The van der Waals surface area contributed by atoms with Gasteiger partial charge < -0.3 is 4.98 Å². The summed E-state index contributed by atoms with van der Waals surface area (Å²) >= 11 is 0. The summed E-state index contributed by atoms with van der Waals surface area (Å²) in [4.78, 5) is 3.43. The number of hydrogen-bond donors (Lipinski definition) is 1. The third-order valence-corrected chi connectivity index (χ3v) is 2.65. The number of benzene rings is 1. The number of rotatable bonds is 2. The van der Waals surface area contributed by atoms with Gasteiger partial charge in [0.25, 0.3) is 0 Å². The summed E-state index contributed by atoms with van der Waals surface area (Å²) < 4.78 is 0. The van der Waals surface area contributed by atoms with E-state index >= 15 is 0 Å². The summed E-state index contributed by atoms with van der Waals surface area (Å²) in [5.74, 6) is 0. The van der Waals surface area contributed by atoms with Crippen LogP contribution in [0.4, 0.5) is 0 Å². The molecule has 2 aromatic rings. The number of fused-ring (bicyclic) bond motifs is 1. The van der Waals surface area contributed by atoms with E-state index in [0.717, 1.165) is 5.69 Å². The summed E-state index contributed by atoms with van der Waals surface area (Å²) in [6, 6.07) is 6.33.